The first kappa shape index (κ1) is 15.7. The van der Waals surface area contributed by atoms with E-state index in [-0.39, 0.29) is 11.3 Å². The molecule has 0 radical (unpaired) electrons. The summed E-state index contributed by atoms with van der Waals surface area (Å²) >= 11 is 1.50. The van der Waals surface area contributed by atoms with Crippen molar-refractivity contribution in [1.29, 1.82) is 0 Å². The van der Waals surface area contributed by atoms with Gasteiger partial charge in [-0.2, -0.15) is 0 Å². The molecule has 4 heterocycles. The fraction of sp³-hybridized carbons (Fsp3) is 0.444. The smallest absolute Gasteiger partial charge is 0.263 e. The molecule has 2 fully saturated rings. The van der Waals surface area contributed by atoms with Gasteiger partial charge in [-0.05, 0) is 23.6 Å². The Hall–Kier alpha value is -1.76. The van der Waals surface area contributed by atoms with Gasteiger partial charge in [0.1, 0.15) is 0 Å². The zero-order chi connectivity index (χ0) is 16.4. The van der Waals surface area contributed by atoms with E-state index in [1.165, 1.54) is 11.3 Å². The van der Waals surface area contributed by atoms with E-state index in [4.69, 9.17) is 9.47 Å². The lowest BCUT2D eigenvalue weighted by Crippen LogP contribution is -2.37. The minimum atomic E-state index is -0.0816. The second-order valence-corrected chi connectivity index (χ2v) is 7.50. The monoisotopic (exact) mass is 344 g/mol. The van der Waals surface area contributed by atoms with E-state index in [2.05, 4.69) is 4.98 Å². The molecule has 126 valence electrons. The molecule has 2 aromatic heterocycles. The van der Waals surface area contributed by atoms with E-state index in [1.807, 2.05) is 40.6 Å². The molecule has 2 aromatic rings. The highest BCUT2D eigenvalue weighted by Crippen LogP contribution is 2.42. The molecule has 0 bridgehead atoms. The quantitative estimate of drug-likeness (QED) is 0.836. The minimum Gasteiger partial charge on any atom is -0.380 e. The van der Waals surface area contributed by atoms with Crippen molar-refractivity contribution < 1.29 is 14.3 Å². The predicted octanol–water partition coefficient (Wildman–Crippen LogP) is 2.45. The number of amides is 1. The third kappa shape index (κ3) is 2.97. The number of hydrogen-bond donors (Lipinski definition) is 0. The Morgan fingerprint density at radius 3 is 3.17 bits per heavy atom. The predicted molar refractivity (Wildman–Crippen MR) is 90.9 cm³/mol. The van der Waals surface area contributed by atoms with Gasteiger partial charge >= 0.3 is 0 Å². The number of carbonyl (C=O) groups is 1. The van der Waals surface area contributed by atoms with Gasteiger partial charge in [-0.25, -0.2) is 0 Å². The first-order chi connectivity index (χ1) is 11.8. The van der Waals surface area contributed by atoms with Crippen LogP contribution in [0, 0.1) is 11.3 Å². The summed E-state index contributed by atoms with van der Waals surface area (Å²) in [5, 5.41) is 1.94. The van der Waals surface area contributed by atoms with Gasteiger partial charge in [-0.3, -0.25) is 9.78 Å². The molecule has 6 heteroatoms. The number of carbonyl (C=O) groups excluding carboxylic acids is 1. The second-order valence-electron chi connectivity index (χ2n) is 6.55. The maximum absolute atomic E-state index is 12.6. The fourth-order valence-electron chi connectivity index (χ4n) is 3.59. The number of likely N-dealkylation sites (tertiary alicyclic amines) is 1. The van der Waals surface area contributed by atoms with E-state index in [1.54, 1.807) is 6.20 Å². The van der Waals surface area contributed by atoms with Gasteiger partial charge < -0.3 is 14.4 Å². The van der Waals surface area contributed by atoms with Crippen LogP contribution in [0.4, 0.5) is 0 Å². The first-order valence-corrected chi connectivity index (χ1v) is 9.03. The van der Waals surface area contributed by atoms with Crippen LogP contribution in [0.25, 0.3) is 0 Å². The Kier molecular flexibility index (Phi) is 4.35. The number of fused-ring (bicyclic) bond motifs is 1. The van der Waals surface area contributed by atoms with Gasteiger partial charge in [0.2, 0.25) is 0 Å². The second kappa shape index (κ2) is 6.63. The third-order valence-electron chi connectivity index (χ3n) is 4.91. The van der Waals surface area contributed by atoms with E-state index in [9.17, 15) is 4.79 Å². The van der Waals surface area contributed by atoms with Gasteiger partial charge in [0.05, 0.1) is 37.0 Å². The van der Waals surface area contributed by atoms with Crippen molar-refractivity contribution in [2.75, 3.05) is 32.9 Å². The first-order valence-electron chi connectivity index (χ1n) is 8.15. The van der Waals surface area contributed by atoms with E-state index >= 15 is 0 Å². The highest BCUT2D eigenvalue weighted by molar-refractivity contribution is 7.12. The lowest BCUT2D eigenvalue weighted by atomic mass is 9.82. The topological polar surface area (TPSA) is 51.7 Å². The summed E-state index contributed by atoms with van der Waals surface area (Å²) in [6, 6.07) is 9.63. The number of hydrogen-bond acceptors (Lipinski definition) is 5. The van der Waals surface area contributed by atoms with Gasteiger partial charge in [0.15, 0.2) is 0 Å². The molecule has 2 aliphatic heterocycles. The van der Waals surface area contributed by atoms with Crippen molar-refractivity contribution >= 4 is 17.2 Å². The normalized spacial score (nSPS) is 25.8. The van der Waals surface area contributed by atoms with Gasteiger partial charge in [-0.15, -0.1) is 11.3 Å². The van der Waals surface area contributed by atoms with E-state index in [0.717, 1.165) is 17.1 Å². The van der Waals surface area contributed by atoms with Crippen molar-refractivity contribution in [3.05, 3.63) is 52.5 Å². The lowest BCUT2D eigenvalue weighted by Gasteiger charge is -2.26. The Balaban J connectivity index is 1.40. The van der Waals surface area contributed by atoms with Gasteiger partial charge in [-0.1, -0.05) is 12.1 Å². The summed E-state index contributed by atoms with van der Waals surface area (Å²) in [5.74, 6) is 0.480. The maximum Gasteiger partial charge on any atom is 0.263 e. The summed E-state index contributed by atoms with van der Waals surface area (Å²) in [6.07, 6.45) is 1.77. The van der Waals surface area contributed by atoms with Crippen LogP contribution in [-0.4, -0.2) is 48.7 Å². The molecule has 24 heavy (non-hydrogen) atoms. The number of ether oxygens (including phenoxy) is 2. The molecule has 0 aromatic carbocycles. The molecule has 0 aliphatic carbocycles. The highest BCUT2D eigenvalue weighted by atomic mass is 32.1. The molecule has 2 aliphatic rings. The number of thiophene rings is 1. The summed E-state index contributed by atoms with van der Waals surface area (Å²) < 4.78 is 11.7. The number of rotatable bonds is 5. The fourth-order valence-corrected chi connectivity index (χ4v) is 4.28. The molecule has 0 N–H and O–H groups in total. The van der Waals surface area contributed by atoms with Crippen LogP contribution in [-0.2, 0) is 16.1 Å². The molecular weight excluding hydrogens is 324 g/mol. The maximum atomic E-state index is 12.6. The summed E-state index contributed by atoms with van der Waals surface area (Å²) in [5.41, 5.74) is 0.843. The van der Waals surface area contributed by atoms with Crippen molar-refractivity contribution in [2.24, 2.45) is 11.3 Å². The molecule has 0 unspecified atom stereocenters. The average molecular weight is 344 g/mol. The zero-order valence-corrected chi connectivity index (χ0v) is 14.2. The molecule has 0 spiro atoms. The average Bonchev–Trinajstić information content (AvgIpc) is 3.31. The standard InChI is InChI=1S/C18H20N2O3S/c21-17(16-5-3-7-24-16)20-8-14-9-22-12-18(14,11-20)13-23-10-15-4-1-2-6-19-15/h1-7,14H,8-13H2/t14-,18+/m1/s1. The van der Waals surface area contributed by atoms with Crippen LogP contribution >= 0.6 is 11.3 Å². The Bertz CT molecular complexity index is 692. The number of pyridine rings is 1. The molecule has 5 nitrogen and oxygen atoms in total. The van der Waals surface area contributed by atoms with Gasteiger partial charge in [0.25, 0.3) is 5.91 Å². The number of nitrogens with zero attached hydrogens (tertiary/aromatic N) is 2. The van der Waals surface area contributed by atoms with Crippen molar-refractivity contribution in [3.63, 3.8) is 0 Å². The third-order valence-corrected chi connectivity index (χ3v) is 5.76. The van der Waals surface area contributed by atoms with Crippen LogP contribution < -0.4 is 0 Å². The molecule has 4 rings (SSSR count). The van der Waals surface area contributed by atoms with Crippen LogP contribution in [0.3, 0.4) is 0 Å². The van der Waals surface area contributed by atoms with E-state index in [0.29, 0.717) is 38.9 Å². The molecular formula is C18H20N2O3S. The van der Waals surface area contributed by atoms with Crippen LogP contribution in [0.1, 0.15) is 15.4 Å². The molecule has 2 atom stereocenters. The minimum absolute atomic E-state index is 0.0816. The van der Waals surface area contributed by atoms with Crippen molar-refractivity contribution in [3.8, 4) is 0 Å². The highest BCUT2D eigenvalue weighted by Gasteiger charge is 2.52. The van der Waals surface area contributed by atoms with Crippen LogP contribution in [0.2, 0.25) is 0 Å². The molecule has 2 saturated heterocycles. The largest absolute Gasteiger partial charge is 0.380 e. The summed E-state index contributed by atoms with van der Waals surface area (Å²) in [6.45, 7) is 3.92. The lowest BCUT2D eigenvalue weighted by molar-refractivity contribution is 0.0175. The van der Waals surface area contributed by atoms with Crippen LogP contribution in [0.15, 0.2) is 41.9 Å². The van der Waals surface area contributed by atoms with Crippen LogP contribution in [0.5, 0.6) is 0 Å². The van der Waals surface area contributed by atoms with Crippen molar-refractivity contribution in [2.45, 2.75) is 6.61 Å². The molecule has 0 saturated carbocycles. The summed E-state index contributed by atoms with van der Waals surface area (Å²) in [7, 11) is 0. The van der Waals surface area contributed by atoms with Crippen molar-refractivity contribution in [1.82, 2.24) is 9.88 Å². The molecule has 1 amide bonds. The number of aromatic nitrogens is 1. The van der Waals surface area contributed by atoms with E-state index < -0.39 is 0 Å². The Morgan fingerprint density at radius 1 is 1.42 bits per heavy atom. The summed E-state index contributed by atoms with van der Waals surface area (Å²) in [4.78, 5) is 19.7. The zero-order valence-electron chi connectivity index (χ0n) is 13.4. The Labute approximate surface area is 145 Å². The Morgan fingerprint density at radius 2 is 2.38 bits per heavy atom. The SMILES string of the molecule is O=C(c1cccs1)N1C[C@@H]2COC[C@]2(COCc2ccccn2)C1. The van der Waals surface area contributed by atoms with Gasteiger partial charge in [0, 0.05) is 30.6 Å².